The second-order valence-corrected chi connectivity index (χ2v) is 5.57. The van der Waals surface area contributed by atoms with E-state index in [1.165, 1.54) is 32.4 Å². The number of likely N-dealkylation sites (tertiary alicyclic amines) is 1. The molecule has 0 aromatic rings. The van der Waals surface area contributed by atoms with Gasteiger partial charge in [0.25, 0.3) is 0 Å². The van der Waals surface area contributed by atoms with E-state index in [-0.39, 0.29) is 5.60 Å². The Kier molecular flexibility index (Phi) is 3.88. The number of hydrogen-bond donors (Lipinski definition) is 1. The summed E-state index contributed by atoms with van der Waals surface area (Å²) in [6.45, 7) is 7.93. The zero-order valence-corrected chi connectivity index (χ0v) is 11.0. The van der Waals surface area contributed by atoms with Gasteiger partial charge in [-0.2, -0.15) is 0 Å². The topological polar surface area (TPSA) is 24.5 Å². The van der Waals surface area contributed by atoms with Gasteiger partial charge >= 0.3 is 0 Å². The molecule has 3 unspecified atom stereocenters. The molecule has 94 valence electrons. The molecule has 0 saturated carbocycles. The van der Waals surface area contributed by atoms with E-state index in [9.17, 15) is 0 Å². The monoisotopic (exact) mass is 226 g/mol. The second kappa shape index (κ2) is 5.03. The Balaban J connectivity index is 1.90. The van der Waals surface area contributed by atoms with E-state index >= 15 is 0 Å². The number of nitrogens with one attached hydrogen (secondary N) is 1. The van der Waals surface area contributed by atoms with Crippen LogP contribution in [0, 0.1) is 0 Å². The first-order chi connectivity index (χ1) is 7.67. The lowest BCUT2D eigenvalue weighted by atomic mass is 9.89. The molecular formula is C13H26N2O. The van der Waals surface area contributed by atoms with E-state index < -0.39 is 0 Å². The molecule has 16 heavy (non-hydrogen) atoms. The first-order valence-corrected chi connectivity index (χ1v) is 6.72. The molecule has 0 aliphatic carbocycles. The van der Waals surface area contributed by atoms with E-state index in [0.717, 1.165) is 19.1 Å². The fraction of sp³-hybridized carbons (Fsp3) is 1.00. The van der Waals surface area contributed by atoms with Gasteiger partial charge in [0.15, 0.2) is 0 Å². The lowest BCUT2D eigenvalue weighted by molar-refractivity contribution is -0.0940. The standard InChI is InChI=1S/C13H26N2O/c1-4-13(2)9-12(6-8-16-13)15-7-5-11(10-15)14-3/h11-12,14H,4-10H2,1-3H3. The van der Waals surface area contributed by atoms with Crippen LogP contribution < -0.4 is 5.32 Å². The number of ether oxygens (including phenoxy) is 1. The smallest absolute Gasteiger partial charge is 0.0666 e. The molecule has 0 radical (unpaired) electrons. The van der Waals surface area contributed by atoms with Crippen LogP contribution in [0.4, 0.5) is 0 Å². The summed E-state index contributed by atoms with van der Waals surface area (Å²) in [4.78, 5) is 2.66. The van der Waals surface area contributed by atoms with E-state index in [1.54, 1.807) is 0 Å². The van der Waals surface area contributed by atoms with Crippen LogP contribution in [-0.4, -0.2) is 49.3 Å². The SMILES string of the molecule is CCC1(C)CC(N2CCC(NC)C2)CCO1. The maximum atomic E-state index is 5.92. The first-order valence-electron chi connectivity index (χ1n) is 6.72. The summed E-state index contributed by atoms with van der Waals surface area (Å²) in [6, 6.07) is 1.45. The number of nitrogens with zero attached hydrogens (tertiary/aromatic N) is 1. The Bertz CT molecular complexity index is 234. The summed E-state index contributed by atoms with van der Waals surface area (Å²) in [6.07, 6.45) is 4.86. The van der Waals surface area contributed by atoms with Crippen molar-refractivity contribution in [1.29, 1.82) is 0 Å². The summed E-state index contributed by atoms with van der Waals surface area (Å²) < 4.78 is 5.92. The van der Waals surface area contributed by atoms with Crippen molar-refractivity contribution in [2.24, 2.45) is 0 Å². The molecule has 0 spiro atoms. The molecule has 2 fully saturated rings. The lowest BCUT2D eigenvalue weighted by Crippen LogP contribution is -2.47. The minimum atomic E-state index is 0.126. The minimum absolute atomic E-state index is 0.126. The molecule has 1 N–H and O–H groups in total. The third kappa shape index (κ3) is 2.58. The van der Waals surface area contributed by atoms with E-state index in [4.69, 9.17) is 4.74 Å². The Hall–Kier alpha value is -0.120. The van der Waals surface area contributed by atoms with Gasteiger partial charge in [-0.25, -0.2) is 0 Å². The summed E-state index contributed by atoms with van der Waals surface area (Å²) >= 11 is 0. The number of likely N-dealkylation sites (N-methyl/N-ethyl adjacent to an activating group) is 1. The average molecular weight is 226 g/mol. The van der Waals surface area contributed by atoms with Gasteiger partial charge in [0.05, 0.1) is 5.60 Å². The summed E-state index contributed by atoms with van der Waals surface area (Å²) in [5.41, 5.74) is 0.126. The van der Waals surface area contributed by atoms with Crippen LogP contribution in [0.25, 0.3) is 0 Å². The number of rotatable bonds is 3. The van der Waals surface area contributed by atoms with Gasteiger partial charge in [-0.15, -0.1) is 0 Å². The van der Waals surface area contributed by atoms with Crippen molar-refractivity contribution in [3.05, 3.63) is 0 Å². The molecule has 2 aliphatic heterocycles. The van der Waals surface area contributed by atoms with Crippen molar-refractivity contribution in [2.75, 3.05) is 26.7 Å². The quantitative estimate of drug-likeness (QED) is 0.791. The molecule has 0 bridgehead atoms. The molecule has 0 aromatic carbocycles. The highest BCUT2D eigenvalue weighted by Crippen LogP contribution is 2.31. The van der Waals surface area contributed by atoms with Crippen molar-refractivity contribution in [3.8, 4) is 0 Å². The molecule has 3 heteroatoms. The summed E-state index contributed by atoms with van der Waals surface area (Å²) in [5.74, 6) is 0. The van der Waals surface area contributed by atoms with Gasteiger partial charge in [0.2, 0.25) is 0 Å². The van der Waals surface area contributed by atoms with Crippen LogP contribution in [0.15, 0.2) is 0 Å². The molecule has 2 aliphatic rings. The van der Waals surface area contributed by atoms with Gasteiger partial charge in [-0.1, -0.05) is 6.92 Å². The molecule has 2 saturated heterocycles. The molecule has 0 aromatic heterocycles. The van der Waals surface area contributed by atoms with Crippen molar-refractivity contribution >= 4 is 0 Å². The van der Waals surface area contributed by atoms with E-state index in [1.807, 2.05) is 0 Å². The summed E-state index contributed by atoms with van der Waals surface area (Å²) in [5, 5.41) is 3.39. The molecule has 2 heterocycles. The van der Waals surface area contributed by atoms with Gasteiger partial charge in [0.1, 0.15) is 0 Å². The largest absolute Gasteiger partial charge is 0.375 e. The minimum Gasteiger partial charge on any atom is -0.375 e. The van der Waals surface area contributed by atoms with Crippen molar-refractivity contribution in [3.63, 3.8) is 0 Å². The third-order valence-corrected chi connectivity index (χ3v) is 4.46. The third-order valence-electron chi connectivity index (χ3n) is 4.46. The predicted octanol–water partition coefficient (Wildman–Crippen LogP) is 1.63. The average Bonchev–Trinajstić information content (AvgIpc) is 2.78. The van der Waals surface area contributed by atoms with Crippen molar-refractivity contribution in [2.45, 2.75) is 57.2 Å². The highest BCUT2D eigenvalue weighted by Gasteiger charge is 2.36. The zero-order chi connectivity index (χ0) is 11.6. The fourth-order valence-corrected chi connectivity index (χ4v) is 3.01. The van der Waals surface area contributed by atoms with Crippen LogP contribution in [0.2, 0.25) is 0 Å². The van der Waals surface area contributed by atoms with Gasteiger partial charge in [-0.05, 0) is 39.7 Å². The molecule has 2 rings (SSSR count). The molecule has 3 atom stereocenters. The summed E-state index contributed by atoms with van der Waals surface area (Å²) in [7, 11) is 2.08. The van der Waals surface area contributed by atoms with Crippen LogP contribution >= 0.6 is 0 Å². The van der Waals surface area contributed by atoms with Crippen molar-refractivity contribution < 1.29 is 4.74 Å². The molecule has 0 amide bonds. The highest BCUT2D eigenvalue weighted by molar-refractivity contribution is 4.91. The van der Waals surface area contributed by atoms with E-state index in [0.29, 0.717) is 6.04 Å². The lowest BCUT2D eigenvalue weighted by Gasteiger charge is -2.41. The first kappa shape index (κ1) is 12.3. The number of hydrogen-bond acceptors (Lipinski definition) is 3. The maximum absolute atomic E-state index is 5.92. The van der Waals surface area contributed by atoms with Crippen LogP contribution in [0.3, 0.4) is 0 Å². The Morgan fingerprint density at radius 1 is 1.44 bits per heavy atom. The maximum Gasteiger partial charge on any atom is 0.0666 e. The van der Waals surface area contributed by atoms with Gasteiger partial charge in [0, 0.05) is 31.8 Å². The van der Waals surface area contributed by atoms with Gasteiger partial charge < -0.3 is 10.1 Å². The van der Waals surface area contributed by atoms with Crippen LogP contribution in [0.1, 0.15) is 39.5 Å². The van der Waals surface area contributed by atoms with Crippen molar-refractivity contribution in [1.82, 2.24) is 10.2 Å². The van der Waals surface area contributed by atoms with Crippen LogP contribution in [-0.2, 0) is 4.74 Å². The zero-order valence-electron chi connectivity index (χ0n) is 11.0. The highest BCUT2D eigenvalue weighted by atomic mass is 16.5. The predicted molar refractivity (Wildman–Crippen MR) is 66.7 cm³/mol. The van der Waals surface area contributed by atoms with Gasteiger partial charge in [-0.3, -0.25) is 4.90 Å². The fourth-order valence-electron chi connectivity index (χ4n) is 3.01. The second-order valence-electron chi connectivity index (χ2n) is 5.57. The Morgan fingerprint density at radius 3 is 2.88 bits per heavy atom. The Labute approximate surface area is 99.5 Å². The Morgan fingerprint density at radius 2 is 2.25 bits per heavy atom. The normalized spacial score (nSPS) is 41.4. The van der Waals surface area contributed by atoms with E-state index in [2.05, 4.69) is 31.1 Å². The van der Waals surface area contributed by atoms with Crippen LogP contribution in [0.5, 0.6) is 0 Å². The molecule has 3 nitrogen and oxygen atoms in total. The molecular weight excluding hydrogens is 200 g/mol.